The van der Waals surface area contributed by atoms with E-state index in [0.717, 1.165) is 0 Å². The van der Waals surface area contributed by atoms with Gasteiger partial charge < -0.3 is 9.05 Å². The molecule has 0 spiro atoms. The van der Waals surface area contributed by atoms with Crippen LogP contribution in [0.15, 0.2) is 0 Å². The van der Waals surface area contributed by atoms with Crippen molar-refractivity contribution in [1.82, 2.24) is 0 Å². The lowest BCUT2D eigenvalue weighted by Crippen LogP contribution is -1.76. The quantitative estimate of drug-likeness (QED) is 0.336. The van der Waals surface area contributed by atoms with Crippen LogP contribution in [0.2, 0.25) is 0 Å². The van der Waals surface area contributed by atoms with Crippen molar-refractivity contribution in [2.45, 2.75) is 0 Å². The zero-order valence-corrected chi connectivity index (χ0v) is 6.49. The molecular formula is CH7O2P3. The second-order valence-corrected chi connectivity index (χ2v) is 2.11. The highest BCUT2D eigenvalue weighted by molar-refractivity contribution is 8.00. The maximum atomic E-state index is 4.73. The smallest absolute Gasteiger partial charge is 0.153 e. The lowest BCUT2D eigenvalue weighted by atomic mass is 11.6. The molecule has 2 nitrogen and oxygen atoms in total. The van der Waals surface area contributed by atoms with Gasteiger partial charge >= 0.3 is 0 Å². The van der Waals surface area contributed by atoms with Crippen LogP contribution >= 0.6 is 26.9 Å². The summed E-state index contributed by atoms with van der Waals surface area (Å²) in [5.41, 5.74) is 0. The van der Waals surface area contributed by atoms with E-state index in [1.54, 1.807) is 0 Å². The number of rotatable bonds is 3. The third-order valence-corrected chi connectivity index (χ3v) is 1.13. The molecule has 0 saturated carbocycles. The van der Waals surface area contributed by atoms with E-state index in [1.807, 2.05) is 0 Å². The molecule has 0 radical (unpaired) electrons. The molecule has 0 bridgehead atoms. The van der Waals surface area contributed by atoms with Crippen molar-refractivity contribution in [1.29, 1.82) is 0 Å². The Bertz CT molecular complexity index is 20.8. The van der Waals surface area contributed by atoms with E-state index in [4.69, 9.17) is 4.52 Å². The number of hydrogen-bond donors (Lipinski definition) is 0. The van der Waals surface area contributed by atoms with Gasteiger partial charge in [0.25, 0.3) is 0 Å². The first-order valence-corrected chi connectivity index (χ1v) is 4.49. The van der Waals surface area contributed by atoms with E-state index < -0.39 is 0 Å². The highest BCUT2D eigenvalue weighted by Gasteiger charge is 1.71. The molecule has 38 valence electrons. The maximum Gasteiger partial charge on any atom is 0.153 e. The molecule has 3 unspecified atom stereocenters. The molecule has 0 amide bonds. The summed E-state index contributed by atoms with van der Waals surface area (Å²) in [6.45, 7) is 0.368. The monoisotopic (exact) mass is 144 g/mol. The normalized spacial score (nSPS) is 11.0. The van der Waals surface area contributed by atoms with Crippen molar-refractivity contribution in [2.24, 2.45) is 0 Å². The van der Waals surface area contributed by atoms with Crippen molar-refractivity contribution in [3.05, 3.63) is 0 Å². The van der Waals surface area contributed by atoms with Crippen molar-refractivity contribution >= 4 is 26.9 Å². The van der Waals surface area contributed by atoms with E-state index in [1.165, 1.54) is 0 Å². The summed E-state index contributed by atoms with van der Waals surface area (Å²) in [4.78, 5) is 0. The molecule has 0 aromatic heterocycles. The van der Waals surface area contributed by atoms with E-state index in [0.29, 0.717) is 15.3 Å². The van der Waals surface area contributed by atoms with Gasteiger partial charge in [0.2, 0.25) is 0 Å². The molecule has 0 aromatic carbocycles. The summed E-state index contributed by atoms with van der Waals surface area (Å²) < 4.78 is 9.20. The van der Waals surface area contributed by atoms with Crippen LogP contribution < -0.4 is 0 Å². The molecule has 0 saturated heterocycles. The Hall–Kier alpha value is 1.21. The van der Waals surface area contributed by atoms with Crippen LogP contribution in [0.1, 0.15) is 0 Å². The Morgan fingerprint density at radius 2 is 2.33 bits per heavy atom. The average Bonchev–Trinajstić information content (AvgIpc) is 1.61. The molecule has 0 heterocycles. The summed E-state index contributed by atoms with van der Waals surface area (Å²) in [5, 5.41) is 0. The van der Waals surface area contributed by atoms with E-state index in [2.05, 4.69) is 22.9 Å². The lowest BCUT2D eigenvalue weighted by molar-refractivity contribution is 0.164. The van der Waals surface area contributed by atoms with Crippen molar-refractivity contribution < 1.29 is 9.05 Å². The molecule has 5 heteroatoms. The van der Waals surface area contributed by atoms with E-state index in [-0.39, 0.29) is 0 Å². The third-order valence-electron chi connectivity index (χ3n) is 0.210. The Labute approximate surface area is 43.6 Å². The van der Waals surface area contributed by atoms with Gasteiger partial charge in [0.15, 0.2) is 6.79 Å². The first kappa shape index (κ1) is 7.21. The van der Waals surface area contributed by atoms with Crippen LogP contribution in [0.3, 0.4) is 0 Å². The van der Waals surface area contributed by atoms with Gasteiger partial charge in [-0.2, -0.15) is 0 Å². The minimum absolute atomic E-state index is 0.368. The van der Waals surface area contributed by atoms with Gasteiger partial charge in [-0.05, 0) is 0 Å². The zero-order chi connectivity index (χ0) is 4.83. The second kappa shape index (κ2) is 6.21. The second-order valence-electron chi connectivity index (χ2n) is 0.547. The van der Waals surface area contributed by atoms with E-state index in [9.17, 15) is 0 Å². The van der Waals surface area contributed by atoms with Gasteiger partial charge in [-0.25, -0.2) is 0 Å². The van der Waals surface area contributed by atoms with Crippen LogP contribution in [-0.4, -0.2) is 6.79 Å². The summed E-state index contributed by atoms with van der Waals surface area (Å²) >= 11 is 0. The predicted molar refractivity (Wildman–Crippen MR) is 34.8 cm³/mol. The van der Waals surface area contributed by atoms with Gasteiger partial charge in [-0.1, -0.05) is 8.93 Å². The van der Waals surface area contributed by atoms with Crippen molar-refractivity contribution in [2.75, 3.05) is 6.79 Å². The van der Waals surface area contributed by atoms with Crippen LogP contribution in [0, 0.1) is 0 Å². The van der Waals surface area contributed by atoms with E-state index >= 15 is 0 Å². The highest BCUT2D eigenvalue weighted by Crippen LogP contribution is 2.20. The first-order valence-electron chi connectivity index (χ1n) is 1.31. The van der Waals surface area contributed by atoms with Gasteiger partial charge in [0, 0.05) is 18.0 Å². The Morgan fingerprint density at radius 1 is 1.67 bits per heavy atom. The topological polar surface area (TPSA) is 18.5 Å². The molecule has 6 heavy (non-hydrogen) atoms. The molecule has 0 N–H and O–H groups in total. The summed E-state index contributed by atoms with van der Waals surface area (Å²) in [5.74, 6) is 0. The fraction of sp³-hybridized carbons (Fsp3) is 1.00. The average molecular weight is 144 g/mol. The minimum atomic E-state index is 0.368. The van der Waals surface area contributed by atoms with Gasteiger partial charge in [-0.3, -0.25) is 0 Å². The van der Waals surface area contributed by atoms with Crippen LogP contribution in [0.25, 0.3) is 0 Å². The summed E-state index contributed by atoms with van der Waals surface area (Å²) in [6, 6.07) is 0. The first-order chi connectivity index (χ1) is 2.91. The third kappa shape index (κ3) is 5.21. The Kier molecular flexibility index (Phi) is 7.46. The van der Waals surface area contributed by atoms with Crippen LogP contribution in [0.5, 0.6) is 0 Å². The van der Waals surface area contributed by atoms with Crippen LogP contribution in [-0.2, 0) is 9.05 Å². The molecule has 0 aliphatic rings. The van der Waals surface area contributed by atoms with Crippen LogP contribution in [0.4, 0.5) is 0 Å². The molecular weight excluding hydrogens is 137 g/mol. The molecule has 0 rings (SSSR count). The minimum Gasteiger partial charge on any atom is -0.339 e. The molecule has 0 aliphatic heterocycles. The number of hydrogen-bond acceptors (Lipinski definition) is 2. The van der Waals surface area contributed by atoms with Gasteiger partial charge in [0.1, 0.15) is 0 Å². The maximum absolute atomic E-state index is 4.73. The van der Waals surface area contributed by atoms with Crippen molar-refractivity contribution in [3.8, 4) is 0 Å². The Morgan fingerprint density at radius 3 is 2.50 bits per heavy atom. The standard InChI is InChI=1S/CH7O2P3/c4-2-1-3-6-5/h6H,1,4-5H2. The summed E-state index contributed by atoms with van der Waals surface area (Å²) in [7, 11) is 4.99. The van der Waals surface area contributed by atoms with Crippen molar-refractivity contribution in [3.63, 3.8) is 0 Å². The van der Waals surface area contributed by atoms with Gasteiger partial charge in [-0.15, -0.1) is 0 Å². The molecule has 0 aromatic rings. The SMILES string of the molecule is POCOPP. The zero-order valence-electron chi connectivity index (χ0n) is 3.18. The fourth-order valence-corrected chi connectivity index (χ4v) is 0.612. The highest BCUT2D eigenvalue weighted by atomic mass is 32.0. The molecule has 3 atom stereocenters. The lowest BCUT2D eigenvalue weighted by Gasteiger charge is -1.92. The largest absolute Gasteiger partial charge is 0.339 e. The Balaban J connectivity index is 2.34. The summed E-state index contributed by atoms with van der Waals surface area (Å²) in [6.07, 6.45) is 0. The fourth-order valence-electron chi connectivity index (χ4n) is 0.0680. The molecule has 0 fully saturated rings. The predicted octanol–water partition coefficient (Wildman–Crippen LogP) is 1.15. The molecule has 0 aliphatic carbocycles. The van der Waals surface area contributed by atoms with Gasteiger partial charge in [0.05, 0.1) is 0 Å².